The second-order valence-corrected chi connectivity index (χ2v) is 5.48. The van der Waals surface area contributed by atoms with E-state index in [1.807, 2.05) is 0 Å². The van der Waals surface area contributed by atoms with Crippen LogP contribution in [0.25, 0.3) is 0 Å². The van der Waals surface area contributed by atoms with Gasteiger partial charge in [-0.2, -0.15) is 0 Å². The number of carbonyl (C=O) groups excluding carboxylic acids is 1. The fourth-order valence-corrected chi connectivity index (χ4v) is 2.28. The number of hydrogen-bond acceptors (Lipinski definition) is 7. The number of nitrogens with two attached hydrogens (primary N) is 1. The van der Waals surface area contributed by atoms with Crippen molar-refractivity contribution < 1.29 is 19.9 Å². The Morgan fingerprint density at radius 2 is 2.15 bits per heavy atom. The van der Waals surface area contributed by atoms with E-state index < -0.39 is 17.1 Å². The van der Waals surface area contributed by atoms with Crippen molar-refractivity contribution in [2.75, 3.05) is 11.5 Å². The predicted molar refractivity (Wildman–Crippen MR) is 76.2 cm³/mol. The Bertz CT molecular complexity index is 509. The van der Waals surface area contributed by atoms with Gasteiger partial charge >= 0.3 is 0 Å². The number of thioether (sulfide) groups is 1. The zero-order chi connectivity index (χ0) is 15.3. The first-order chi connectivity index (χ1) is 9.32. The highest BCUT2D eigenvalue weighted by molar-refractivity contribution is 8.13. The molecule has 20 heavy (non-hydrogen) atoms. The first-order valence-electron chi connectivity index (χ1n) is 5.86. The van der Waals surface area contributed by atoms with Crippen molar-refractivity contribution in [2.24, 2.45) is 0 Å². The number of nitro benzene ring substituents is 1. The normalized spacial score (nSPS) is 13.8. The molecule has 1 aromatic carbocycles. The van der Waals surface area contributed by atoms with Gasteiger partial charge in [0.1, 0.15) is 6.10 Å². The van der Waals surface area contributed by atoms with Gasteiger partial charge < -0.3 is 15.9 Å². The molecule has 0 bridgehead atoms. The predicted octanol–water partition coefficient (Wildman–Crippen LogP) is 1.24. The van der Waals surface area contributed by atoms with Crippen molar-refractivity contribution in [1.82, 2.24) is 0 Å². The summed E-state index contributed by atoms with van der Waals surface area (Å²) in [6.45, 7) is 1.42. The van der Waals surface area contributed by atoms with Crippen LogP contribution in [-0.4, -0.2) is 32.1 Å². The van der Waals surface area contributed by atoms with Crippen LogP contribution in [0.5, 0.6) is 0 Å². The Balaban J connectivity index is 2.73. The number of benzene rings is 1. The highest BCUT2D eigenvalue weighted by Crippen LogP contribution is 2.28. The standard InChI is InChI=1S/C12H16N2O5S/c1-7(15)20-5-4-11(16)12(17)9-3-2-8(14(18)19)6-10(9)13/h2-3,6,11-12,16-17H,4-5,13H2,1H3. The topological polar surface area (TPSA) is 127 Å². The number of nitro groups is 1. The minimum atomic E-state index is -1.25. The molecule has 0 fully saturated rings. The van der Waals surface area contributed by atoms with Crippen LogP contribution < -0.4 is 5.73 Å². The molecule has 2 atom stereocenters. The molecule has 0 spiro atoms. The summed E-state index contributed by atoms with van der Waals surface area (Å²) in [6, 6.07) is 3.67. The van der Waals surface area contributed by atoms with Gasteiger partial charge in [-0.25, -0.2) is 0 Å². The number of aliphatic hydroxyl groups is 2. The van der Waals surface area contributed by atoms with Gasteiger partial charge in [0.25, 0.3) is 5.69 Å². The van der Waals surface area contributed by atoms with E-state index in [0.717, 1.165) is 17.8 Å². The van der Waals surface area contributed by atoms with E-state index in [4.69, 9.17) is 5.73 Å². The summed E-state index contributed by atoms with van der Waals surface area (Å²) in [5.74, 6) is 0.375. The number of carbonyl (C=O) groups is 1. The summed E-state index contributed by atoms with van der Waals surface area (Å²) in [5.41, 5.74) is 5.74. The molecule has 0 heterocycles. The van der Waals surface area contributed by atoms with Crippen molar-refractivity contribution in [2.45, 2.75) is 25.6 Å². The molecule has 0 aliphatic rings. The summed E-state index contributed by atoms with van der Waals surface area (Å²) in [7, 11) is 0. The van der Waals surface area contributed by atoms with Gasteiger partial charge in [-0.05, 0) is 12.5 Å². The van der Waals surface area contributed by atoms with Gasteiger partial charge in [0.15, 0.2) is 5.12 Å². The molecule has 8 heteroatoms. The molecule has 1 rings (SSSR count). The van der Waals surface area contributed by atoms with Crippen molar-refractivity contribution in [3.8, 4) is 0 Å². The lowest BCUT2D eigenvalue weighted by molar-refractivity contribution is -0.384. The number of aliphatic hydroxyl groups excluding tert-OH is 2. The van der Waals surface area contributed by atoms with Crippen molar-refractivity contribution in [3.63, 3.8) is 0 Å². The summed E-state index contributed by atoms with van der Waals surface area (Å²) < 4.78 is 0. The number of nitrogen functional groups attached to an aromatic ring is 1. The van der Waals surface area contributed by atoms with Crippen molar-refractivity contribution in [3.05, 3.63) is 33.9 Å². The second kappa shape index (κ2) is 7.22. The quantitative estimate of drug-likeness (QED) is 0.410. The third-order valence-corrected chi connectivity index (χ3v) is 3.53. The maximum absolute atomic E-state index is 10.8. The largest absolute Gasteiger partial charge is 0.398 e. The van der Waals surface area contributed by atoms with E-state index in [-0.39, 0.29) is 28.5 Å². The second-order valence-electron chi connectivity index (χ2n) is 4.21. The van der Waals surface area contributed by atoms with E-state index >= 15 is 0 Å². The molecule has 0 amide bonds. The van der Waals surface area contributed by atoms with Crippen molar-refractivity contribution in [1.29, 1.82) is 0 Å². The lowest BCUT2D eigenvalue weighted by Crippen LogP contribution is -2.20. The fourth-order valence-electron chi connectivity index (χ4n) is 1.63. The first-order valence-corrected chi connectivity index (χ1v) is 6.84. The molecular weight excluding hydrogens is 284 g/mol. The van der Waals surface area contributed by atoms with Crippen LogP contribution in [0.2, 0.25) is 0 Å². The minimum absolute atomic E-state index is 0.0463. The molecule has 4 N–H and O–H groups in total. The molecular formula is C12H16N2O5S. The zero-order valence-electron chi connectivity index (χ0n) is 10.9. The van der Waals surface area contributed by atoms with Gasteiger partial charge in [0.05, 0.1) is 11.0 Å². The highest BCUT2D eigenvalue weighted by Gasteiger charge is 2.22. The minimum Gasteiger partial charge on any atom is -0.398 e. The van der Waals surface area contributed by atoms with E-state index in [0.29, 0.717) is 5.75 Å². The molecule has 7 nitrogen and oxygen atoms in total. The summed E-state index contributed by atoms with van der Waals surface area (Å²) in [4.78, 5) is 20.7. The summed E-state index contributed by atoms with van der Waals surface area (Å²) >= 11 is 1.05. The van der Waals surface area contributed by atoms with Gasteiger partial charge in [-0.3, -0.25) is 14.9 Å². The summed E-state index contributed by atoms with van der Waals surface area (Å²) in [6.07, 6.45) is -2.13. The van der Waals surface area contributed by atoms with Crippen molar-refractivity contribution >= 4 is 28.3 Å². The van der Waals surface area contributed by atoms with Gasteiger partial charge in [-0.15, -0.1) is 0 Å². The van der Waals surface area contributed by atoms with E-state index in [1.165, 1.54) is 19.1 Å². The zero-order valence-corrected chi connectivity index (χ0v) is 11.7. The SMILES string of the molecule is CC(=O)SCCC(O)C(O)c1ccc([N+](=O)[O-])cc1N. The monoisotopic (exact) mass is 300 g/mol. The number of hydrogen-bond donors (Lipinski definition) is 3. The maximum atomic E-state index is 10.8. The Labute approximate surface area is 119 Å². The van der Waals surface area contributed by atoms with E-state index in [9.17, 15) is 25.1 Å². The van der Waals surface area contributed by atoms with Crippen LogP contribution in [0.4, 0.5) is 11.4 Å². The molecule has 0 aliphatic heterocycles. The Hall–Kier alpha value is -1.64. The third kappa shape index (κ3) is 4.48. The average Bonchev–Trinajstić information content (AvgIpc) is 2.37. The fraction of sp³-hybridized carbons (Fsp3) is 0.417. The molecule has 0 saturated heterocycles. The number of nitrogens with zero attached hydrogens (tertiary/aromatic N) is 1. The van der Waals surface area contributed by atoms with Crippen LogP contribution in [0.1, 0.15) is 25.0 Å². The molecule has 0 radical (unpaired) electrons. The average molecular weight is 300 g/mol. The number of rotatable bonds is 6. The third-order valence-electron chi connectivity index (χ3n) is 2.68. The number of anilines is 1. The molecule has 0 aromatic heterocycles. The molecule has 0 saturated carbocycles. The van der Waals surface area contributed by atoms with Gasteiger partial charge in [-0.1, -0.05) is 11.8 Å². The Kier molecular flexibility index (Phi) is 5.93. The molecule has 1 aromatic rings. The maximum Gasteiger partial charge on any atom is 0.271 e. The van der Waals surface area contributed by atoms with Crippen LogP contribution in [0.3, 0.4) is 0 Å². The molecule has 110 valence electrons. The Morgan fingerprint density at radius 1 is 1.50 bits per heavy atom. The van der Waals surface area contributed by atoms with Crippen LogP contribution in [0.15, 0.2) is 18.2 Å². The molecule has 0 aliphatic carbocycles. The highest BCUT2D eigenvalue weighted by atomic mass is 32.2. The lowest BCUT2D eigenvalue weighted by Gasteiger charge is -2.19. The Morgan fingerprint density at radius 3 is 2.65 bits per heavy atom. The van der Waals surface area contributed by atoms with E-state index in [1.54, 1.807) is 0 Å². The first kappa shape index (κ1) is 16.4. The van der Waals surface area contributed by atoms with Crippen LogP contribution in [-0.2, 0) is 4.79 Å². The van der Waals surface area contributed by atoms with E-state index in [2.05, 4.69) is 0 Å². The van der Waals surface area contributed by atoms with Gasteiger partial charge in [0.2, 0.25) is 0 Å². The molecule has 2 unspecified atom stereocenters. The lowest BCUT2D eigenvalue weighted by atomic mass is 10.0. The van der Waals surface area contributed by atoms with Crippen LogP contribution >= 0.6 is 11.8 Å². The summed E-state index contributed by atoms with van der Waals surface area (Å²) in [5, 5.41) is 30.3. The number of non-ortho nitro benzene ring substituents is 1. The van der Waals surface area contributed by atoms with Gasteiger partial charge in [0, 0.05) is 36.1 Å². The smallest absolute Gasteiger partial charge is 0.271 e. The van der Waals surface area contributed by atoms with Crippen LogP contribution in [0, 0.1) is 10.1 Å².